The average Bonchev–Trinajstić information content (AvgIpc) is 3.19. The van der Waals surface area contributed by atoms with Gasteiger partial charge in [-0.1, -0.05) is 12.1 Å². The van der Waals surface area contributed by atoms with Gasteiger partial charge in [0.2, 0.25) is 0 Å². The number of hydrogen-bond donors (Lipinski definition) is 2. The van der Waals surface area contributed by atoms with Gasteiger partial charge in [0, 0.05) is 41.7 Å². The first-order valence-corrected chi connectivity index (χ1v) is 10.7. The lowest BCUT2D eigenvalue weighted by atomic mass is 9.93. The molecule has 6 nitrogen and oxygen atoms in total. The highest BCUT2D eigenvalue weighted by Gasteiger charge is 2.23. The van der Waals surface area contributed by atoms with Gasteiger partial charge in [0.25, 0.3) is 0 Å². The first kappa shape index (κ1) is 22.6. The number of aromatic nitrogens is 3. The van der Waals surface area contributed by atoms with Crippen LogP contribution in [-0.2, 0) is 0 Å². The second-order valence-electron chi connectivity index (χ2n) is 8.13. The summed E-state index contributed by atoms with van der Waals surface area (Å²) in [5.41, 5.74) is 4.52. The molecule has 0 bridgehead atoms. The van der Waals surface area contributed by atoms with Crippen LogP contribution in [0.5, 0.6) is 5.75 Å². The minimum absolute atomic E-state index is 0. The van der Waals surface area contributed by atoms with E-state index < -0.39 is 5.82 Å². The van der Waals surface area contributed by atoms with E-state index in [1.807, 2.05) is 19.1 Å². The van der Waals surface area contributed by atoms with E-state index >= 15 is 0 Å². The van der Waals surface area contributed by atoms with Crippen molar-refractivity contribution in [1.29, 1.82) is 5.26 Å². The lowest BCUT2D eigenvalue weighted by molar-refractivity contribution is 0.469. The van der Waals surface area contributed by atoms with E-state index in [0.29, 0.717) is 11.2 Å². The summed E-state index contributed by atoms with van der Waals surface area (Å²) in [5.74, 6) is -0.832. The van der Waals surface area contributed by atoms with E-state index in [1.54, 1.807) is 0 Å². The molecule has 1 aliphatic rings. The molecule has 1 saturated heterocycles. The molecule has 0 spiro atoms. The van der Waals surface area contributed by atoms with Crippen LogP contribution >= 0.6 is 12.4 Å². The lowest BCUT2D eigenvalue weighted by Gasteiger charge is -2.29. The van der Waals surface area contributed by atoms with Gasteiger partial charge in [0.1, 0.15) is 17.6 Å². The Balaban J connectivity index is 0.00000259. The summed E-state index contributed by atoms with van der Waals surface area (Å²) in [6.45, 7) is 3.98. The third-order valence-electron chi connectivity index (χ3n) is 6.08. The monoisotopic (exact) mass is 463 g/mol. The number of rotatable bonds is 3. The predicted octanol–water partition coefficient (Wildman–Crippen LogP) is 5.73. The molecule has 8 heteroatoms. The topological polar surface area (TPSA) is 88.8 Å². The number of aryl methyl sites for hydroxylation is 1. The Hall–Kier alpha value is -3.63. The Morgan fingerprint density at radius 1 is 1.09 bits per heavy atom. The molecule has 3 heterocycles. The third-order valence-corrected chi connectivity index (χ3v) is 6.08. The van der Waals surface area contributed by atoms with Gasteiger partial charge in [-0.3, -0.25) is 5.10 Å². The van der Waals surface area contributed by atoms with Crippen molar-refractivity contribution in [2.45, 2.75) is 26.2 Å². The number of nitrogens with zero attached hydrogens (tertiary/aromatic N) is 4. The predicted molar refractivity (Wildman–Crippen MR) is 129 cm³/mol. The maximum Gasteiger partial charge on any atom is 0.182 e. The first-order valence-electron chi connectivity index (χ1n) is 10.7. The molecule has 0 unspecified atom stereocenters. The summed E-state index contributed by atoms with van der Waals surface area (Å²) in [5, 5.41) is 27.7. The summed E-state index contributed by atoms with van der Waals surface area (Å²) in [4.78, 5) is 6.89. The maximum atomic E-state index is 14.7. The Kier molecular flexibility index (Phi) is 6.21. The largest absolute Gasteiger partial charge is 0.508 e. The second-order valence-corrected chi connectivity index (χ2v) is 8.13. The maximum absolute atomic E-state index is 14.7. The van der Waals surface area contributed by atoms with Crippen LogP contribution in [0.2, 0.25) is 0 Å². The molecule has 2 aromatic heterocycles. The molecule has 168 valence electrons. The van der Waals surface area contributed by atoms with Crippen molar-refractivity contribution in [3.05, 3.63) is 59.5 Å². The number of nitrogens with one attached hydrogen (secondary N) is 1. The number of phenolic OH excluding ortho intramolecular Hbond substituents is 1. The SMILES string of the molecule is Cc1[nH]nc2nc(-c3ccc(O)cc3F)c(C#N)c(-c3ccc(N4CCCCC4)cc3)c12.Cl. The van der Waals surface area contributed by atoms with Gasteiger partial charge in [-0.2, -0.15) is 10.4 Å². The van der Waals surface area contributed by atoms with E-state index in [0.717, 1.165) is 41.5 Å². The fraction of sp³-hybridized carbons (Fsp3) is 0.240. The Morgan fingerprint density at radius 3 is 2.48 bits per heavy atom. The number of halogens is 2. The smallest absolute Gasteiger partial charge is 0.182 e. The van der Waals surface area contributed by atoms with Gasteiger partial charge in [-0.05, 0) is 56.0 Å². The fourth-order valence-electron chi connectivity index (χ4n) is 4.48. The van der Waals surface area contributed by atoms with Crippen molar-refractivity contribution in [3.63, 3.8) is 0 Å². The van der Waals surface area contributed by atoms with E-state index in [-0.39, 0.29) is 35.0 Å². The highest BCUT2D eigenvalue weighted by molar-refractivity contribution is 6.00. The number of phenols is 1. The van der Waals surface area contributed by atoms with Crippen molar-refractivity contribution in [2.75, 3.05) is 18.0 Å². The Bertz CT molecular complexity index is 1350. The second kappa shape index (κ2) is 9.08. The molecule has 2 N–H and O–H groups in total. The van der Waals surface area contributed by atoms with Crippen LogP contribution in [0.25, 0.3) is 33.4 Å². The molecule has 1 aliphatic heterocycles. The zero-order chi connectivity index (χ0) is 22.2. The summed E-state index contributed by atoms with van der Waals surface area (Å²) in [6, 6.07) is 14.2. The number of nitriles is 1. The van der Waals surface area contributed by atoms with Crippen molar-refractivity contribution < 1.29 is 9.50 Å². The fourth-order valence-corrected chi connectivity index (χ4v) is 4.48. The summed E-state index contributed by atoms with van der Waals surface area (Å²) >= 11 is 0. The molecule has 0 amide bonds. The molecule has 33 heavy (non-hydrogen) atoms. The van der Waals surface area contributed by atoms with E-state index in [1.165, 1.54) is 31.4 Å². The number of piperidine rings is 1. The summed E-state index contributed by atoms with van der Waals surface area (Å²) in [6.07, 6.45) is 3.66. The van der Waals surface area contributed by atoms with E-state index in [9.17, 15) is 14.8 Å². The highest BCUT2D eigenvalue weighted by Crippen LogP contribution is 2.39. The van der Waals surface area contributed by atoms with Crippen molar-refractivity contribution in [3.8, 4) is 34.2 Å². The zero-order valence-corrected chi connectivity index (χ0v) is 18.9. The number of H-pyrrole nitrogens is 1. The minimum Gasteiger partial charge on any atom is -0.508 e. The molecular weight excluding hydrogens is 441 g/mol. The minimum atomic E-state index is -0.646. The van der Waals surface area contributed by atoms with Gasteiger partial charge in [-0.25, -0.2) is 9.37 Å². The molecule has 4 aromatic rings. The number of hydrogen-bond acceptors (Lipinski definition) is 5. The normalized spacial score (nSPS) is 13.5. The van der Waals surface area contributed by atoms with Crippen LogP contribution in [0.4, 0.5) is 10.1 Å². The van der Waals surface area contributed by atoms with Crippen LogP contribution in [0, 0.1) is 24.1 Å². The van der Waals surface area contributed by atoms with Gasteiger partial charge >= 0.3 is 0 Å². The first-order chi connectivity index (χ1) is 15.6. The molecule has 1 fully saturated rings. The number of benzene rings is 2. The van der Waals surface area contributed by atoms with Crippen molar-refractivity contribution in [2.24, 2.45) is 0 Å². The van der Waals surface area contributed by atoms with Gasteiger partial charge in [0.15, 0.2) is 5.65 Å². The Morgan fingerprint density at radius 2 is 1.82 bits per heavy atom. The van der Waals surface area contributed by atoms with Crippen molar-refractivity contribution >= 4 is 29.1 Å². The van der Waals surface area contributed by atoms with Gasteiger partial charge < -0.3 is 10.0 Å². The molecule has 0 aliphatic carbocycles. The average molecular weight is 464 g/mol. The van der Waals surface area contributed by atoms with E-state index in [4.69, 9.17) is 0 Å². The summed E-state index contributed by atoms with van der Waals surface area (Å²) in [7, 11) is 0. The molecule has 0 radical (unpaired) electrons. The number of anilines is 1. The molecule has 0 saturated carbocycles. The summed E-state index contributed by atoms with van der Waals surface area (Å²) < 4.78 is 14.7. The number of aromatic hydroxyl groups is 1. The zero-order valence-electron chi connectivity index (χ0n) is 18.1. The van der Waals surface area contributed by atoms with Crippen LogP contribution < -0.4 is 4.90 Å². The van der Waals surface area contributed by atoms with Gasteiger partial charge in [-0.15, -0.1) is 12.4 Å². The van der Waals surface area contributed by atoms with Crippen LogP contribution in [0.1, 0.15) is 30.5 Å². The lowest BCUT2D eigenvalue weighted by Crippen LogP contribution is -2.29. The molecule has 0 atom stereocenters. The molecular formula is C25H23ClFN5O. The molecule has 5 rings (SSSR count). The highest BCUT2D eigenvalue weighted by atomic mass is 35.5. The van der Waals surface area contributed by atoms with Gasteiger partial charge in [0.05, 0.1) is 16.6 Å². The third kappa shape index (κ3) is 3.98. The quantitative estimate of drug-likeness (QED) is 0.405. The molecule has 2 aromatic carbocycles. The standard InChI is InChI=1S/C25H22FN5O.ClH/c1-15-22-23(16-5-7-17(8-6-16)31-11-3-2-4-12-31)20(14-27)24(28-25(22)30-29-15)19-10-9-18(32)13-21(19)26;/h5-10,13,32H,2-4,11-12H2,1H3,(H,28,29,30);1H. The number of fused-ring (bicyclic) bond motifs is 1. The van der Waals surface area contributed by atoms with Crippen LogP contribution in [-0.4, -0.2) is 33.4 Å². The number of aromatic amines is 1. The number of pyridine rings is 1. The van der Waals surface area contributed by atoms with Crippen LogP contribution in [0.3, 0.4) is 0 Å². The van der Waals surface area contributed by atoms with E-state index in [2.05, 4.69) is 38.3 Å². The Labute approximate surface area is 197 Å². The van der Waals surface area contributed by atoms with Crippen LogP contribution in [0.15, 0.2) is 42.5 Å². The van der Waals surface area contributed by atoms with Crippen molar-refractivity contribution in [1.82, 2.24) is 15.2 Å².